The van der Waals surface area contributed by atoms with E-state index in [-0.39, 0.29) is 11.8 Å². The summed E-state index contributed by atoms with van der Waals surface area (Å²) in [5, 5.41) is 11.2. The average molecular weight is 178 g/mol. The Morgan fingerprint density at radius 3 is 2.62 bits per heavy atom. The average Bonchev–Trinajstić information content (AvgIpc) is 2.27. The maximum absolute atomic E-state index is 10.7. The molecule has 0 aliphatic carbocycles. The van der Waals surface area contributed by atoms with Gasteiger partial charge in [-0.25, -0.2) is 0 Å². The van der Waals surface area contributed by atoms with Crippen LogP contribution in [0.15, 0.2) is 4.42 Å². The van der Waals surface area contributed by atoms with E-state index in [2.05, 4.69) is 5.32 Å². The molecule has 4 heteroatoms. The zero-order valence-electron chi connectivity index (χ0n) is 7.76. The predicted octanol–water partition coefficient (Wildman–Crippen LogP) is 1.73. The number of hydrogen-bond donors (Lipinski definition) is 1. The lowest BCUT2D eigenvalue weighted by molar-refractivity contribution is -0.114. The van der Waals surface area contributed by atoms with Crippen molar-refractivity contribution in [2.75, 3.05) is 5.32 Å². The van der Waals surface area contributed by atoms with Gasteiger partial charge < -0.3 is 4.42 Å². The Kier molecular flexibility index (Phi) is 2.38. The van der Waals surface area contributed by atoms with Crippen LogP contribution in [0.1, 0.15) is 23.8 Å². The standard InChI is InChI=1S/C9H10N2O2/c1-5-6(2)13-9(8(5)4-10)11-7(3)12/h1-3H3,(H,11,12). The number of nitrogens with one attached hydrogen (secondary N) is 1. The number of carbonyl (C=O) groups excluding carboxylic acids is 1. The van der Waals surface area contributed by atoms with Crippen molar-refractivity contribution < 1.29 is 9.21 Å². The van der Waals surface area contributed by atoms with E-state index < -0.39 is 0 Å². The van der Waals surface area contributed by atoms with E-state index in [4.69, 9.17) is 9.68 Å². The topological polar surface area (TPSA) is 66.0 Å². The molecule has 1 aromatic heterocycles. The van der Waals surface area contributed by atoms with Crippen LogP contribution >= 0.6 is 0 Å². The van der Waals surface area contributed by atoms with Crippen LogP contribution in [0.5, 0.6) is 0 Å². The molecule has 1 N–H and O–H groups in total. The number of anilines is 1. The summed E-state index contributed by atoms with van der Waals surface area (Å²) in [7, 11) is 0. The Morgan fingerprint density at radius 1 is 1.54 bits per heavy atom. The molecule has 0 unspecified atom stereocenters. The van der Waals surface area contributed by atoms with Crippen molar-refractivity contribution in [3.63, 3.8) is 0 Å². The molecule has 1 amide bonds. The van der Waals surface area contributed by atoms with E-state index in [0.717, 1.165) is 5.56 Å². The highest BCUT2D eigenvalue weighted by atomic mass is 16.4. The van der Waals surface area contributed by atoms with E-state index in [9.17, 15) is 4.79 Å². The van der Waals surface area contributed by atoms with Crippen molar-refractivity contribution in [1.82, 2.24) is 0 Å². The Bertz CT molecular complexity index is 385. The summed E-state index contributed by atoms with van der Waals surface area (Å²) in [6.07, 6.45) is 0. The molecule has 0 atom stereocenters. The van der Waals surface area contributed by atoms with Gasteiger partial charge in [-0.1, -0.05) is 0 Å². The third-order valence-corrected chi connectivity index (χ3v) is 1.79. The van der Waals surface area contributed by atoms with Gasteiger partial charge in [0.05, 0.1) is 0 Å². The number of aryl methyl sites for hydroxylation is 1. The highest BCUT2D eigenvalue weighted by molar-refractivity contribution is 5.88. The van der Waals surface area contributed by atoms with Crippen LogP contribution in [0, 0.1) is 25.2 Å². The first kappa shape index (κ1) is 9.33. The van der Waals surface area contributed by atoms with Crippen LogP contribution in [0.3, 0.4) is 0 Å². The van der Waals surface area contributed by atoms with Crippen molar-refractivity contribution in [2.24, 2.45) is 0 Å². The lowest BCUT2D eigenvalue weighted by Crippen LogP contribution is -2.05. The van der Waals surface area contributed by atoms with Gasteiger partial charge in [0.1, 0.15) is 17.4 Å². The molecule has 0 aromatic carbocycles. The quantitative estimate of drug-likeness (QED) is 0.712. The van der Waals surface area contributed by atoms with Gasteiger partial charge in [-0.15, -0.1) is 0 Å². The molecule has 0 aliphatic heterocycles. The molecule has 1 heterocycles. The fraction of sp³-hybridized carbons (Fsp3) is 0.333. The maximum atomic E-state index is 10.7. The minimum Gasteiger partial charge on any atom is -0.444 e. The van der Waals surface area contributed by atoms with E-state index in [1.165, 1.54) is 6.92 Å². The molecule has 0 saturated carbocycles. The summed E-state index contributed by atoms with van der Waals surface area (Å²) < 4.78 is 5.19. The van der Waals surface area contributed by atoms with E-state index in [0.29, 0.717) is 11.3 Å². The normalized spacial score (nSPS) is 9.38. The summed E-state index contributed by atoms with van der Waals surface area (Å²) in [5.41, 5.74) is 1.17. The summed E-state index contributed by atoms with van der Waals surface area (Å²) in [4.78, 5) is 10.7. The Labute approximate surface area is 76.2 Å². The number of amides is 1. The zero-order valence-corrected chi connectivity index (χ0v) is 7.76. The number of hydrogen-bond acceptors (Lipinski definition) is 3. The Morgan fingerprint density at radius 2 is 2.15 bits per heavy atom. The minimum absolute atomic E-state index is 0.241. The number of nitrogens with zero attached hydrogens (tertiary/aromatic N) is 1. The summed E-state index contributed by atoms with van der Waals surface area (Å²) in [6, 6.07) is 1.98. The smallest absolute Gasteiger partial charge is 0.223 e. The van der Waals surface area contributed by atoms with Crippen LogP contribution in [0.25, 0.3) is 0 Å². The second kappa shape index (κ2) is 3.31. The summed E-state index contributed by atoms with van der Waals surface area (Å²) in [6.45, 7) is 4.90. The molecular weight excluding hydrogens is 168 g/mol. The van der Waals surface area contributed by atoms with Gasteiger partial charge >= 0.3 is 0 Å². The third kappa shape index (κ3) is 1.70. The first-order valence-corrected chi connectivity index (χ1v) is 3.84. The first-order valence-electron chi connectivity index (χ1n) is 3.84. The number of nitriles is 1. The number of furan rings is 1. The molecule has 13 heavy (non-hydrogen) atoms. The largest absolute Gasteiger partial charge is 0.444 e. The lowest BCUT2D eigenvalue weighted by Gasteiger charge is -1.95. The SMILES string of the molecule is CC(=O)Nc1oc(C)c(C)c1C#N. The second-order valence-electron chi connectivity index (χ2n) is 2.78. The molecule has 68 valence electrons. The fourth-order valence-electron chi connectivity index (χ4n) is 1.01. The third-order valence-electron chi connectivity index (χ3n) is 1.79. The maximum Gasteiger partial charge on any atom is 0.223 e. The lowest BCUT2D eigenvalue weighted by atomic mass is 10.2. The van der Waals surface area contributed by atoms with Crippen LogP contribution in [-0.4, -0.2) is 5.91 Å². The highest BCUT2D eigenvalue weighted by Gasteiger charge is 2.14. The Hall–Kier alpha value is -1.76. The summed E-state index contributed by atoms with van der Waals surface area (Å²) >= 11 is 0. The molecule has 0 saturated heterocycles. The van der Waals surface area contributed by atoms with Crippen molar-refractivity contribution >= 4 is 11.8 Å². The number of carbonyl (C=O) groups is 1. The predicted molar refractivity (Wildman–Crippen MR) is 47.2 cm³/mol. The molecule has 0 radical (unpaired) electrons. The van der Waals surface area contributed by atoms with Gasteiger partial charge in [0.2, 0.25) is 11.8 Å². The van der Waals surface area contributed by atoms with Crippen LogP contribution < -0.4 is 5.32 Å². The molecule has 1 rings (SSSR count). The van der Waals surface area contributed by atoms with Crippen LogP contribution in [0.2, 0.25) is 0 Å². The van der Waals surface area contributed by atoms with Crippen molar-refractivity contribution in [2.45, 2.75) is 20.8 Å². The molecular formula is C9H10N2O2. The van der Waals surface area contributed by atoms with Gasteiger partial charge in [-0.3, -0.25) is 10.1 Å². The molecule has 4 nitrogen and oxygen atoms in total. The monoisotopic (exact) mass is 178 g/mol. The molecule has 0 fully saturated rings. The minimum atomic E-state index is -0.245. The zero-order chi connectivity index (χ0) is 10.0. The number of rotatable bonds is 1. The van der Waals surface area contributed by atoms with E-state index in [1.54, 1.807) is 13.8 Å². The first-order chi connectivity index (χ1) is 6.06. The van der Waals surface area contributed by atoms with Gasteiger partial charge in [-0.2, -0.15) is 5.26 Å². The van der Waals surface area contributed by atoms with E-state index in [1.807, 2.05) is 6.07 Å². The van der Waals surface area contributed by atoms with Crippen LogP contribution in [-0.2, 0) is 4.79 Å². The van der Waals surface area contributed by atoms with Gasteiger partial charge in [0, 0.05) is 12.5 Å². The van der Waals surface area contributed by atoms with Gasteiger partial charge in [0.25, 0.3) is 0 Å². The Balaban J connectivity index is 3.15. The molecule has 0 bridgehead atoms. The van der Waals surface area contributed by atoms with Gasteiger partial charge in [0.15, 0.2) is 0 Å². The molecule has 0 aliphatic rings. The van der Waals surface area contributed by atoms with E-state index >= 15 is 0 Å². The van der Waals surface area contributed by atoms with Gasteiger partial charge in [-0.05, 0) is 13.8 Å². The molecule has 0 spiro atoms. The van der Waals surface area contributed by atoms with Crippen molar-refractivity contribution in [3.05, 3.63) is 16.9 Å². The second-order valence-corrected chi connectivity index (χ2v) is 2.78. The van der Waals surface area contributed by atoms with Crippen molar-refractivity contribution in [1.29, 1.82) is 5.26 Å². The fourth-order valence-corrected chi connectivity index (χ4v) is 1.01. The molecule has 1 aromatic rings. The van der Waals surface area contributed by atoms with Crippen LogP contribution in [0.4, 0.5) is 5.88 Å². The highest BCUT2D eigenvalue weighted by Crippen LogP contribution is 2.24. The van der Waals surface area contributed by atoms with Crippen molar-refractivity contribution in [3.8, 4) is 6.07 Å². The summed E-state index contributed by atoms with van der Waals surface area (Å²) in [5.74, 6) is 0.649.